The number of hydrogen-bond donors (Lipinski definition) is 0. The van der Waals surface area contributed by atoms with Crippen LogP contribution >= 0.6 is 0 Å². The monoisotopic (exact) mass is 240 g/mol. The maximum absolute atomic E-state index is 5.86. The van der Waals surface area contributed by atoms with Crippen LogP contribution in [0, 0.1) is 12.0 Å². The maximum atomic E-state index is 5.86. The topological polar surface area (TPSA) is 9.23 Å². The summed E-state index contributed by atoms with van der Waals surface area (Å²) in [6.07, 6.45) is 9.13. The SMILES string of the molecule is CCCCCCC#CO[Si](CC)(CC)CC. The van der Waals surface area contributed by atoms with Crippen molar-refractivity contribution >= 4 is 8.32 Å². The molecule has 0 unspecified atom stereocenters. The largest absolute Gasteiger partial charge is 0.500 e. The van der Waals surface area contributed by atoms with E-state index in [0.717, 1.165) is 6.42 Å². The van der Waals surface area contributed by atoms with Crippen molar-refractivity contribution in [2.75, 3.05) is 0 Å². The van der Waals surface area contributed by atoms with Crippen molar-refractivity contribution < 1.29 is 4.43 Å². The zero-order valence-corrected chi connectivity index (χ0v) is 12.6. The molecule has 94 valence electrons. The predicted octanol–water partition coefficient (Wildman–Crippen LogP) is 4.94. The van der Waals surface area contributed by atoms with Gasteiger partial charge < -0.3 is 4.43 Å². The maximum Gasteiger partial charge on any atom is 0.264 e. The standard InChI is InChI=1S/C14H28OSi/c1-5-9-10-11-12-13-14-15-16(6-2,7-3)8-4/h5-12H2,1-4H3. The quantitative estimate of drug-likeness (QED) is 0.332. The summed E-state index contributed by atoms with van der Waals surface area (Å²) < 4.78 is 5.86. The van der Waals surface area contributed by atoms with E-state index in [1.54, 1.807) is 0 Å². The highest BCUT2D eigenvalue weighted by Gasteiger charge is 2.29. The fourth-order valence-corrected chi connectivity index (χ4v) is 4.02. The minimum Gasteiger partial charge on any atom is -0.500 e. The van der Waals surface area contributed by atoms with Crippen molar-refractivity contribution in [3.8, 4) is 12.0 Å². The van der Waals surface area contributed by atoms with Gasteiger partial charge in [0.1, 0.15) is 0 Å². The summed E-state index contributed by atoms with van der Waals surface area (Å²) in [6, 6.07) is 3.56. The van der Waals surface area contributed by atoms with E-state index in [2.05, 4.69) is 39.7 Å². The van der Waals surface area contributed by atoms with E-state index in [-0.39, 0.29) is 0 Å². The number of hydrogen-bond acceptors (Lipinski definition) is 1. The Bertz CT molecular complexity index is 202. The van der Waals surface area contributed by atoms with Crippen molar-refractivity contribution in [1.29, 1.82) is 0 Å². The average Bonchev–Trinajstić information content (AvgIpc) is 2.34. The van der Waals surface area contributed by atoms with Crippen LogP contribution in [0.1, 0.15) is 59.8 Å². The van der Waals surface area contributed by atoms with Crippen molar-refractivity contribution in [2.24, 2.45) is 0 Å². The van der Waals surface area contributed by atoms with Gasteiger partial charge in [0.15, 0.2) is 0 Å². The lowest BCUT2D eigenvalue weighted by atomic mass is 10.2. The van der Waals surface area contributed by atoms with Gasteiger partial charge >= 0.3 is 0 Å². The van der Waals surface area contributed by atoms with Crippen LogP contribution in [0.3, 0.4) is 0 Å². The molecule has 0 amide bonds. The molecular weight excluding hydrogens is 212 g/mol. The average molecular weight is 240 g/mol. The molecule has 2 heteroatoms. The number of rotatable bonds is 8. The third-order valence-corrected chi connectivity index (χ3v) is 7.83. The summed E-state index contributed by atoms with van der Waals surface area (Å²) in [5.74, 6) is 3.16. The Morgan fingerprint density at radius 2 is 1.50 bits per heavy atom. The van der Waals surface area contributed by atoms with E-state index in [4.69, 9.17) is 4.43 Å². The van der Waals surface area contributed by atoms with Gasteiger partial charge in [0.25, 0.3) is 8.32 Å². The van der Waals surface area contributed by atoms with Crippen molar-refractivity contribution in [1.82, 2.24) is 0 Å². The molecule has 0 radical (unpaired) electrons. The Labute approximate surface area is 103 Å². The van der Waals surface area contributed by atoms with Gasteiger partial charge in [0.2, 0.25) is 0 Å². The molecule has 0 rings (SSSR count). The van der Waals surface area contributed by atoms with Gasteiger partial charge in [-0.05, 0) is 24.6 Å². The molecule has 0 heterocycles. The first-order chi connectivity index (χ1) is 7.74. The molecule has 0 atom stereocenters. The minimum absolute atomic E-state index is 1.00. The van der Waals surface area contributed by atoms with Crippen LogP contribution in [0.25, 0.3) is 0 Å². The summed E-state index contributed by atoms with van der Waals surface area (Å²) in [7, 11) is -1.47. The first-order valence-electron chi connectivity index (χ1n) is 6.90. The van der Waals surface area contributed by atoms with Crippen molar-refractivity contribution in [2.45, 2.75) is 77.9 Å². The van der Waals surface area contributed by atoms with Gasteiger partial charge in [-0.1, -0.05) is 52.9 Å². The second-order valence-corrected chi connectivity index (χ2v) is 9.13. The van der Waals surface area contributed by atoms with Crippen LogP contribution < -0.4 is 0 Å². The Kier molecular flexibility index (Phi) is 9.52. The smallest absolute Gasteiger partial charge is 0.264 e. The van der Waals surface area contributed by atoms with E-state index in [9.17, 15) is 0 Å². The predicted molar refractivity (Wildman–Crippen MR) is 74.8 cm³/mol. The van der Waals surface area contributed by atoms with Crippen LogP contribution in [-0.2, 0) is 4.43 Å². The second-order valence-electron chi connectivity index (χ2n) is 4.44. The third kappa shape index (κ3) is 6.22. The molecule has 1 nitrogen and oxygen atoms in total. The Morgan fingerprint density at radius 3 is 2.00 bits per heavy atom. The molecule has 0 fully saturated rings. The Morgan fingerprint density at radius 1 is 0.875 bits per heavy atom. The van der Waals surface area contributed by atoms with Gasteiger partial charge in [-0.25, -0.2) is 0 Å². The summed E-state index contributed by atoms with van der Waals surface area (Å²) in [5, 5.41) is 0. The lowest BCUT2D eigenvalue weighted by molar-refractivity contribution is 0.494. The van der Waals surface area contributed by atoms with Gasteiger partial charge in [0.05, 0.1) is 6.11 Å². The van der Waals surface area contributed by atoms with E-state index in [1.165, 1.54) is 43.8 Å². The third-order valence-electron chi connectivity index (χ3n) is 3.43. The molecule has 0 aromatic carbocycles. The Balaban J connectivity index is 3.79. The van der Waals surface area contributed by atoms with Crippen LogP contribution in [0.5, 0.6) is 0 Å². The fraction of sp³-hybridized carbons (Fsp3) is 0.857. The van der Waals surface area contributed by atoms with Crippen LogP contribution in [0.4, 0.5) is 0 Å². The fourth-order valence-electron chi connectivity index (χ4n) is 1.80. The molecule has 0 bridgehead atoms. The normalized spacial score (nSPS) is 10.8. The molecule has 0 aliphatic rings. The van der Waals surface area contributed by atoms with E-state index in [1.807, 2.05) is 0 Å². The molecule has 0 aromatic heterocycles. The van der Waals surface area contributed by atoms with Crippen molar-refractivity contribution in [3.63, 3.8) is 0 Å². The molecule has 0 N–H and O–H groups in total. The molecule has 0 saturated carbocycles. The van der Waals surface area contributed by atoms with E-state index in [0.29, 0.717) is 0 Å². The lowest BCUT2D eigenvalue weighted by Crippen LogP contribution is -2.33. The van der Waals surface area contributed by atoms with Gasteiger partial charge in [-0.3, -0.25) is 0 Å². The van der Waals surface area contributed by atoms with Crippen LogP contribution in [0.2, 0.25) is 18.1 Å². The first-order valence-corrected chi connectivity index (χ1v) is 9.43. The highest BCUT2D eigenvalue weighted by atomic mass is 28.4. The second kappa shape index (κ2) is 9.78. The van der Waals surface area contributed by atoms with Crippen molar-refractivity contribution in [3.05, 3.63) is 0 Å². The molecule has 16 heavy (non-hydrogen) atoms. The highest BCUT2D eigenvalue weighted by Crippen LogP contribution is 2.20. The van der Waals surface area contributed by atoms with Gasteiger partial charge in [-0.15, -0.1) is 0 Å². The zero-order chi connectivity index (χ0) is 12.3. The lowest BCUT2D eigenvalue weighted by Gasteiger charge is -2.24. The molecule has 0 aromatic rings. The molecule has 0 spiro atoms. The van der Waals surface area contributed by atoms with E-state index < -0.39 is 8.32 Å². The number of unbranched alkanes of at least 4 members (excludes halogenated alkanes) is 4. The van der Waals surface area contributed by atoms with Gasteiger partial charge in [0, 0.05) is 6.42 Å². The van der Waals surface area contributed by atoms with Crippen LogP contribution in [-0.4, -0.2) is 8.32 Å². The summed E-state index contributed by atoms with van der Waals surface area (Å²) >= 11 is 0. The molecule has 0 aliphatic heterocycles. The van der Waals surface area contributed by atoms with Gasteiger partial charge in [-0.2, -0.15) is 0 Å². The Hall–Kier alpha value is -0.423. The highest BCUT2D eigenvalue weighted by molar-refractivity contribution is 6.73. The molecular formula is C14H28OSi. The van der Waals surface area contributed by atoms with E-state index >= 15 is 0 Å². The summed E-state index contributed by atoms with van der Waals surface area (Å²) in [5.41, 5.74) is 0. The zero-order valence-electron chi connectivity index (χ0n) is 11.6. The summed E-state index contributed by atoms with van der Waals surface area (Å²) in [6.45, 7) is 8.95. The van der Waals surface area contributed by atoms with Crippen LogP contribution in [0.15, 0.2) is 0 Å². The summed E-state index contributed by atoms with van der Waals surface area (Å²) in [4.78, 5) is 0. The molecule has 0 saturated heterocycles. The molecule has 0 aliphatic carbocycles. The first kappa shape index (κ1) is 15.6. The minimum atomic E-state index is -1.47.